The third-order valence-electron chi connectivity index (χ3n) is 5.01. The zero-order valence-electron chi connectivity index (χ0n) is 15.4. The van der Waals surface area contributed by atoms with Crippen molar-refractivity contribution in [2.45, 2.75) is 58.9 Å². The summed E-state index contributed by atoms with van der Waals surface area (Å²) in [7, 11) is 6.62. The van der Waals surface area contributed by atoms with Crippen LogP contribution in [-0.4, -0.2) is 63.2 Å². The number of hydrogen-bond donors (Lipinski definition) is 1. The lowest BCUT2D eigenvalue weighted by Crippen LogP contribution is -2.52. The van der Waals surface area contributed by atoms with E-state index in [1.165, 1.54) is 51.7 Å². The Labute approximate surface area is 133 Å². The first-order valence-corrected chi connectivity index (χ1v) is 8.93. The molecule has 0 amide bonds. The highest BCUT2D eigenvalue weighted by atomic mass is 15.1. The van der Waals surface area contributed by atoms with E-state index >= 15 is 0 Å². The molecule has 1 saturated carbocycles. The molecule has 1 aliphatic rings. The van der Waals surface area contributed by atoms with Gasteiger partial charge in [-0.15, -0.1) is 0 Å². The normalized spacial score (nSPS) is 25.7. The van der Waals surface area contributed by atoms with Crippen molar-refractivity contribution >= 4 is 0 Å². The summed E-state index contributed by atoms with van der Waals surface area (Å²) in [6.07, 6.45) is 6.66. The summed E-state index contributed by atoms with van der Waals surface area (Å²) in [5, 5.41) is 3.86. The topological polar surface area (TPSA) is 18.5 Å². The summed E-state index contributed by atoms with van der Waals surface area (Å²) in [6, 6.07) is 0.683. The van der Waals surface area contributed by atoms with Gasteiger partial charge in [-0.3, -0.25) is 0 Å². The number of rotatable bonds is 9. The molecule has 1 N–H and O–H groups in total. The maximum Gasteiger partial charge on any atom is 0.0159 e. The molecule has 3 nitrogen and oxygen atoms in total. The highest BCUT2D eigenvalue weighted by Crippen LogP contribution is 2.39. The van der Waals surface area contributed by atoms with Crippen LogP contribution >= 0.6 is 0 Å². The molecule has 126 valence electrons. The Morgan fingerprint density at radius 3 is 2.48 bits per heavy atom. The van der Waals surface area contributed by atoms with Crippen LogP contribution in [0.1, 0.15) is 52.9 Å². The third kappa shape index (κ3) is 6.66. The molecule has 0 aromatic rings. The quantitative estimate of drug-likeness (QED) is 0.705. The SMILES string of the molecule is CCCNC1C(CN(C)CCCN(C)C)CCCC1(C)C. The average Bonchev–Trinajstić information content (AvgIpc) is 2.37. The second-order valence-corrected chi connectivity index (χ2v) is 7.99. The number of nitrogens with zero attached hydrogens (tertiary/aromatic N) is 2. The van der Waals surface area contributed by atoms with E-state index in [9.17, 15) is 0 Å². The van der Waals surface area contributed by atoms with Crippen LogP contribution in [0.25, 0.3) is 0 Å². The molecule has 0 aromatic carbocycles. The van der Waals surface area contributed by atoms with Gasteiger partial charge in [-0.25, -0.2) is 0 Å². The second-order valence-electron chi connectivity index (χ2n) is 7.99. The standard InChI is InChI=1S/C18H39N3/c1-7-12-19-17-16(10-8-11-18(17,2)3)15-21(6)14-9-13-20(4)5/h16-17,19H,7-15H2,1-6H3. The minimum atomic E-state index is 0.447. The molecule has 0 aromatic heterocycles. The molecular formula is C18H39N3. The largest absolute Gasteiger partial charge is 0.313 e. The van der Waals surface area contributed by atoms with Crippen molar-refractivity contribution in [3.63, 3.8) is 0 Å². The Morgan fingerprint density at radius 1 is 1.14 bits per heavy atom. The summed E-state index contributed by atoms with van der Waals surface area (Å²) in [5.74, 6) is 0.810. The molecule has 1 rings (SSSR count). The van der Waals surface area contributed by atoms with Gasteiger partial charge in [-0.1, -0.05) is 27.2 Å². The van der Waals surface area contributed by atoms with Gasteiger partial charge in [0, 0.05) is 12.6 Å². The minimum absolute atomic E-state index is 0.447. The fourth-order valence-corrected chi connectivity index (χ4v) is 3.87. The molecule has 0 spiro atoms. The van der Waals surface area contributed by atoms with Crippen molar-refractivity contribution in [1.82, 2.24) is 15.1 Å². The zero-order valence-corrected chi connectivity index (χ0v) is 15.4. The molecule has 0 radical (unpaired) electrons. The van der Waals surface area contributed by atoms with Gasteiger partial charge < -0.3 is 15.1 Å². The van der Waals surface area contributed by atoms with Gasteiger partial charge in [0.25, 0.3) is 0 Å². The first-order chi connectivity index (χ1) is 9.86. The van der Waals surface area contributed by atoms with Crippen LogP contribution < -0.4 is 5.32 Å². The Hall–Kier alpha value is -0.120. The van der Waals surface area contributed by atoms with E-state index in [-0.39, 0.29) is 0 Å². The zero-order chi connectivity index (χ0) is 15.9. The van der Waals surface area contributed by atoms with E-state index in [1.54, 1.807) is 0 Å². The van der Waals surface area contributed by atoms with E-state index < -0.39 is 0 Å². The summed E-state index contributed by atoms with van der Waals surface area (Å²) >= 11 is 0. The molecule has 0 heterocycles. The highest BCUT2D eigenvalue weighted by Gasteiger charge is 2.38. The summed E-state index contributed by atoms with van der Waals surface area (Å²) < 4.78 is 0. The van der Waals surface area contributed by atoms with Crippen molar-refractivity contribution in [2.24, 2.45) is 11.3 Å². The molecule has 0 aliphatic heterocycles. The smallest absolute Gasteiger partial charge is 0.0159 e. The highest BCUT2D eigenvalue weighted by molar-refractivity contribution is 4.94. The molecule has 2 unspecified atom stereocenters. The molecule has 1 fully saturated rings. The Balaban J connectivity index is 2.48. The average molecular weight is 298 g/mol. The molecule has 2 atom stereocenters. The molecule has 0 saturated heterocycles. The first-order valence-electron chi connectivity index (χ1n) is 8.93. The first kappa shape index (κ1) is 18.9. The fourth-order valence-electron chi connectivity index (χ4n) is 3.87. The summed E-state index contributed by atoms with van der Waals surface area (Å²) in [6.45, 7) is 12.0. The molecule has 0 bridgehead atoms. The van der Waals surface area contributed by atoms with Crippen molar-refractivity contribution in [3.8, 4) is 0 Å². The lowest BCUT2D eigenvalue weighted by molar-refractivity contribution is 0.0846. The monoisotopic (exact) mass is 297 g/mol. The molecule has 1 aliphatic carbocycles. The lowest BCUT2D eigenvalue weighted by Gasteiger charge is -2.46. The maximum absolute atomic E-state index is 3.86. The molecule has 3 heteroatoms. The van der Waals surface area contributed by atoms with Gasteiger partial charge >= 0.3 is 0 Å². The summed E-state index contributed by atoms with van der Waals surface area (Å²) in [5.41, 5.74) is 0.447. The van der Waals surface area contributed by atoms with Crippen molar-refractivity contribution in [3.05, 3.63) is 0 Å². The van der Waals surface area contributed by atoms with Gasteiger partial charge in [0.15, 0.2) is 0 Å². The van der Waals surface area contributed by atoms with Gasteiger partial charge in [-0.2, -0.15) is 0 Å². The predicted molar refractivity (Wildman–Crippen MR) is 93.9 cm³/mol. The van der Waals surface area contributed by atoms with E-state index in [0.717, 1.165) is 12.5 Å². The number of hydrogen-bond acceptors (Lipinski definition) is 3. The van der Waals surface area contributed by atoms with Crippen molar-refractivity contribution in [2.75, 3.05) is 47.3 Å². The van der Waals surface area contributed by atoms with Crippen molar-refractivity contribution in [1.29, 1.82) is 0 Å². The van der Waals surface area contributed by atoms with E-state index in [4.69, 9.17) is 0 Å². The van der Waals surface area contributed by atoms with Crippen LogP contribution in [0.3, 0.4) is 0 Å². The van der Waals surface area contributed by atoms with Crippen LogP contribution in [0.2, 0.25) is 0 Å². The van der Waals surface area contributed by atoms with Gasteiger partial charge in [0.2, 0.25) is 0 Å². The van der Waals surface area contributed by atoms with Gasteiger partial charge in [0.05, 0.1) is 0 Å². The van der Waals surface area contributed by atoms with Crippen LogP contribution in [-0.2, 0) is 0 Å². The third-order valence-corrected chi connectivity index (χ3v) is 5.01. The Kier molecular flexibility index (Phi) is 8.22. The maximum atomic E-state index is 3.86. The van der Waals surface area contributed by atoms with E-state index in [0.29, 0.717) is 11.5 Å². The second kappa shape index (κ2) is 9.12. The Bertz CT molecular complexity index is 276. The van der Waals surface area contributed by atoms with Crippen LogP contribution in [0, 0.1) is 11.3 Å². The fraction of sp³-hybridized carbons (Fsp3) is 1.00. The number of nitrogens with one attached hydrogen (secondary N) is 1. The van der Waals surface area contributed by atoms with E-state index in [1.807, 2.05) is 0 Å². The predicted octanol–water partition coefficient (Wildman–Crippen LogP) is 3.06. The van der Waals surface area contributed by atoms with Crippen molar-refractivity contribution < 1.29 is 0 Å². The van der Waals surface area contributed by atoms with Gasteiger partial charge in [0.1, 0.15) is 0 Å². The summed E-state index contributed by atoms with van der Waals surface area (Å²) in [4.78, 5) is 4.83. The van der Waals surface area contributed by atoms with Crippen LogP contribution in [0.4, 0.5) is 0 Å². The minimum Gasteiger partial charge on any atom is -0.313 e. The lowest BCUT2D eigenvalue weighted by atomic mass is 9.67. The molecular weight excluding hydrogens is 258 g/mol. The Morgan fingerprint density at radius 2 is 1.86 bits per heavy atom. The van der Waals surface area contributed by atoms with Gasteiger partial charge in [-0.05, 0) is 77.8 Å². The van der Waals surface area contributed by atoms with Crippen LogP contribution in [0.15, 0.2) is 0 Å². The van der Waals surface area contributed by atoms with E-state index in [2.05, 4.69) is 57.0 Å². The molecule has 21 heavy (non-hydrogen) atoms. The van der Waals surface area contributed by atoms with Crippen LogP contribution in [0.5, 0.6) is 0 Å².